The Bertz CT molecular complexity index is 489. The zero-order valence-corrected chi connectivity index (χ0v) is 9.53. The van der Waals surface area contributed by atoms with Crippen molar-refractivity contribution in [1.29, 1.82) is 0 Å². The van der Waals surface area contributed by atoms with E-state index in [2.05, 4.69) is 19.1 Å². The number of benzene rings is 2. The molecule has 0 saturated carbocycles. The van der Waals surface area contributed by atoms with Gasteiger partial charge >= 0.3 is 0 Å². The van der Waals surface area contributed by atoms with Crippen LogP contribution in [0.3, 0.4) is 0 Å². The third-order valence-corrected chi connectivity index (χ3v) is 2.45. The van der Waals surface area contributed by atoms with Crippen LogP contribution in [0.25, 0.3) is 0 Å². The summed E-state index contributed by atoms with van der Waals surface area (Å²) in [6.45, 7) is 4.08. The number of hydrogen-bond acceptors (Lipinski definition) is 2. The van der Waals surface area contributed by atoms with Crippen LogP contribution < -0.4 is 10.5 Å². The Morgan fingerprint density at radius 3 is 2.31 bits per heavy atom. The Morgan fingerprint density at radius 2 is 1.62 bits per heavy atom. The number of rotatable bonds is 2. The highest BCUT2D eigenvalue weighted by Crippen LogP contribution is 2.26. The van der Waals surface area contributed by atoms with Gasteiger partial charge in [-0.25, -0.2) is 0 Å². The predicted molar refractivity (Wildman–Crippen MR) is 66.8 cm³/mol. The Kier molecular flexibility index (Phi) is 2.82. The zero-order chi connectivity index (χ0) is 11.5. The summed E-state index contributed by atoms with van der Waals surface area (Å²) in [4.78, 5) is 0. The summed E-state index contributed by atoms with van der Waals surface area (Å²) in [5, 5.41) is 0. The molecule has 2 aromatic carbocycles. The van der Waals surface area contributed by atoms with Crippen molar-refractivity contribution in [1.82, 2.24) is 0 Å². The maximum absolute atomic E-state index is 5.79. The van der Waals surface area contributed by atoms with Crippen LogP contribution in [-0.4, -0.2) is 0 Å². The first kappa shape index (κ1) is 10.6. The lowest BCUT2D eigenvalue weighted by atomic mass is 10.1. The van der Waals surface area contributed by atoms with Crippen molar-refractivity contribution in [3.8, 4) is 11.5 Å². The van der Waals surface area contributed by atoms with Gasteiger partial charge in [0.05, 0.1) is 0 Å². The van der Waals surface area contributed by atoms with Crippen LogP contribution in [0.2, 0.25) is 0 Å². The largest absolute Gasteiger partial charge is 0.457 e. The first-order valence-electron chi connectivity index (χ1n) is 5.26. The lowest BCUT2D eigenvalue weighted by Gasteiger charge is -2.09. The van der Waals surface area contributed by atoms with Crippen LogP contribution in [0.5, 0.6) is 11.5 Å². The van der Waals surface area contributed by atoms with Gasteiger partial charge in [0.15, 0.2) is 0 Å². The van der Waals surface area contributed by atoms with Crippen molar-refractivity contribution in [3.63, 3.8) is 0 Å². The number of nitrogen functional groups attached to an aromatic ring is 1. The number of nitrogens with two attached hydrogens (primary N) is 1. The third-order valence-electron chi connectivity index (χ3n) is 2.45. The summed E-state index contributed by atoms with van der Waals surface area (Å²) in [5.74, 6) is 1.70. The summed E-state index contributed by atoms with van der Waals surface area (Å²) < 4.78 is 5.79. The van der Waals surface area contributed by atoms with Gasteiger partial charge < -0.3 is 10.5 Å². The molecule has 2 rings (SSSR count). The van der Waals surface area contributed by atoms with E-state index in [-0.39, 0.29) is 0 Å². The molecule has 2 heteroatoms. The second kappa shape index (κ2) is 4.27. The van der Waals surface area contributed by atoms with E-state index in [0.29, 0.717) is 0 Å². The molecule has 0 atom stereocenters. The molecule has 0 aliphatic rings. The van der Waals surface area contributed by atoms with E-state index in [4.69, 9.17) is 10.5 Å². The number of aryl methyl sites for hydroxylation is 2. The molecule has 0 spiro atoms. The maximum Gasteiger partial charge on any atom is 0.130 e. The lowest BCUT2D eigenvalue weighted by Crippen LogP contribution is -1.89. The molecule has 0 radical (unpaired) electrons. The van der Waals surface area contributed by atoms with E-state index in [1.165, 1.54) is 5.56 Å². The average Bonchev–Trinajstić information content (AvgIpc) is 2.27. The quantitative estimate of drug-likeness (QED) is 0.772. The summed E-state index contributed by atoms with van der Waals surface area (Å²) in [6, 6.07) is 13.6. The standard InChI is InChI=1S/C14H15NO/c1-10-3-4-11(2)14(9-10)16-13-7-5-12(15)6-8-13/h3-9H,15H2,1-2H3. The van der Waals surface area contributed by atoms with Gasteiger partial charge in [-0.3, -0.25) is 0 Å². The molecule has 16 heavy (non-hydrogen) atoms. The SMILES string of the molecule is Cc1ccc(C)c(Oc2ccc(N)cc2)c1. The van der Waals surface area contributed by atoms with Gasteiger partial charge in [-0.05, 0) is 55.3 Å². The summed E-state index contributed by atoms with van der Waals surface area (Å²) >= 11 is 0. The normalized spacial score (nSPS) is 10.1. The highest BCUT2D eigenvalue weighted by atomic mass is 16.5. The van der Waals surface area contributed by atoms with Crippen molar-refractivity contribution in [3.05, 3.63) is 53.6 Å². The molecular weight excluding hydrogens is 198 g/mol. The first-order chi connectivity index (χ1) is 7.65. The molecule has 0 heterocycles. The van der Waals surface area contributed by atoms with Crippen LogP contribution in [0.1, 0.15) is 11.1 Å². The van der Waals surface area contributed by atoms with E-state index >= 15 is 0 Å². The van der Waals surface area contributed by atoms with E-state index in [1.54, 1.807) is 0 Å². The molecule has 0 aliphatic heterocycles. The minimum absolute atomic E-state index is 0.744. The van der Waals surface area contributed by atoms with Gasteiger partial charge in [-0.1, -0.05) is 12.1 Å². The zero-order valence-electron chi connectivity index (χ0n) is 9.53. The molecule has 0 fully saturated rings. The monoisotopic (exact) mass is 213 g/mol. The Balaban J connectivity index is 2.26. The van der Waals surface area contributed by atoms with E-state index in [1.807, 2.05) is 37.3 Å². The first-order valence-corrected chi connectivity index (χ1v) is 5.26. The van der Waals surface area contributed by atoms with Gasteiger partial charge in [0.25, 0.3) is 0 Å². The molecule has 2 aromatic rings. The van der Waals surface area contributed by atoms with Crippen LogP contribution in [-0.2, 0) is 0 Å². The molecule has 0 aliphatic carbocycles. The minimum Gasteiger partial charge on any atom is -0.457 e. The highest BCUT2D eigenvalue weighted by Gasteiger charge is 2.01. The van der Waals surface area contributed by atoms with Gasteiger partial charge in [-0.2, -0.15) is 0 Å². The lowest BCUT2D eigenvalue weighted by molar-refractivity contribution is 0.478. The second-order valence-electron chi connectivity index (χ2n) is 3.94. The molecule has 0 unspecified atom stereocenters. The number of anilines is 1. The topological polar surface area (TPSA) is 35.2 Å². The molecule has 82 valence electrons. The fourth-order valence-corrected chi connectivity index (χ4v) is 1.48. The van der Waals surface area contributed by atoms with E-state index in [0.717, 1.165) is 22.7 Å². The van der Waals surface area contributed by atoms with Crippen LogP contribution in [0.15, 0.2) is 42.5 Å². The molecule has 0 bridgehead atoms. The van der Waals surface area contributed by atoms with E-state index in [9.17, 15) is 0 Å². The van der Waals surface area contributed by atoms with Gasteiger partial charge in [-0.15, -0.1) is 0 Å². The molecule has 2 nitrogen and oxygen atoms in total. The van der Waals surface area contributed by atoms with Crippen molar-refractivity contribution in [2.24, 2.45) is 0 Å². The van der Waals surface area contributed by atoms with Gasteiger partial charge in [0, 0.05) is 5.69 Å². The fraction of sp³-hybridized carbons (Fsp3) is 0.143. The summed E-state index contributed by atoms with van der Waals surface area (Å²) in [6.07, 6.45) is 0. The molecule has 0 saturated heterocycles. The van der Waals surface area contributed by atoms with Crippen LogP contribution in [0, 0.1) is 13.8 Å². The third kappa shape index (κ3) is 2.34. The second-order valence-corrected chi connectivity index (χ2v) is 3.94. The number of ether oxygens (including phenoxy) is 1. The summed E-state index contributed by atoms with van der Waals surface area (Å²) in [7, 11) is 0. The van der Waals surface area contributed by atoms with Crippen molar-refractivity contribution < 1.29 is 4.74 Å². The Hall–Kier alpha value is -1.96. The van der Waals surface area contributed by atoms with Gasteiger partial charge in [0.1, 0.15) is 11.5 Å². The predicted octanol–water partition coefficient (Wildman–Crippen LogP) is 3.68. The van der Waals surface area contributed by atoms with E-state index < -0.39 is 0 Å². The van der Waals surface area contributed by atoms with Crippen molar-refractivity contribution in [2.45, 2.75) is 13.8 Å². The van der Waals surface area contributed by atoms with Crippen LogP contribution >= 0.6 is 0 Å². The number of hydrogen-bond donors (Lipinski definition) is 1. The molecule has 2 N–H and O–H groups in total. The Labute approximate surface area is 95.7 Å². The Morgan fingerprint density at radius 1 is 0.938 bits per heavy atom. The van der Waals surface area contributed by atoms with Crippen LogP contribution in [0.4, 0.5) is 5.69 Å². The average molecular weight is 213 g/mol. The maximum atomic E-state index is 5.79. The van der Waals surface area contributed by atoms with Crippen molar-refractivity contribution in [2.75, 3.05) is 5.73 Å². The van der Waals surface area contributed by atoms with Crippen molar-refractivity contribution >= 4 is 5.69 Å². The summed E-state index contributed by atoms with van der Waals surface area (Å²) in [5.41, 5.74) is 8.68. The molecule has 0 aromatic heterocycles. The smallest absolute Gasteiger partial charge is 0.130 e. The minimum atomic E-state index is 0.744. The molecule has 0 amide bonds. The highest BCUT2D eigenvalue weighted by molar-refractivity contribution is 5.44. The fourth-order valence-electron chi connectivity index (χ4n) is 1.48. The van der Waals surface area contributed by atoms with Gasteiger partial charge in [0.2, 0.25) is 0 Å². The molecular formula is C14H15NO.